The second kappa shape index (κ2) is 8.00. The second-order valence-corrected chi connectivity index (χ2v) is 9.15. The number of anilines is 1. The van der Waals surface area contributed by atoms with Gasteiger partial charge in [0.25, 0.3) is 10.0 Å². The summed E-state index contributed by atoms with van der Waals surface area (Å²) in [6.45, 7) is 1.76. The molecule has 29 heavy (non-hydrogen) atoms. The van der Waals surface area contributed by atoms with Crippen LogP contribution in [0.25, 0.3) is 0 Å². The fourth-order valence-electron chi connectivity index (χ4n) is 3.26. The Hall–Kier alpha value is -2.65. The molecule has 0 saturated carbocycles. The average molecular weight is 478 g/mol. The number of hydrogen-bond acceptors (Lipinski definition) is 5. The molecule has 0 bridgehead atoms. The van der Waals surface area contributed by atoms with Gasteiger partial charge >= 0.3 is 0 Å². The number of nitrogens with one attached hydrogen (secondary N) is 1. The Morgan fingerprint density at radius 3 is 2.52 bits per heavy atom. The average Bonchev–Trinajstić information content (AvgIpc) is 2.69. The number of halogens is 1. The van der Waals surface area contributed by atoms with Crippen LogP contribution in [0.4, 0.5) is 5.69 Å². The predicted molar refractivity (Wildman–Crippen MR) is 116 cm³/mol. The zero-order chi connectivity index (χ0) is 21.2. The van der Waals surface area contributed by atoms with Crippen LogP contribution >= 0.6 is 15.9 Å². The van der Waals surface area contributed by atoms with Gasteiger partial charge in [-0.25, -0.2) is 8.42 Å². The number of primary amides is 1. The Labute approximate surface area is 177 Å². The molecule has 0 spiro atoms. The number of nitrogens with two attached hydrogens (primary N) is 1. The molecule has 2 aromatic carbocycles. The largest absolute Gasteiger partial charge is 0.497 e. The summed E-state index contributed by atoms with van der Waals surface area (Å²) >= 11 is 3.32. The van der Waals surface area contributed by atoms with Gasteiger partial charge in [-0.3, -0.25) is 14.5 Å². The Bertz CT molecular complexity index is 1110. The monoisotopic (exact) mass is 477 g/mol. The van der Waals surface area contributed by atoms with Crippen LogP contribution in [0.2, 0.25) is 0 Å². The van der Waals surface area contributed by atoms with Gasteiger partial charge in [0.05, 0.1) is 18.6 Å². The summed E-state index contributed by atoms with van der Waals surface area (Å²) in [5.41, 5.74) is 5.65. The van der Waals surface area contributed by atoms with Crippen molar-refractivity contribution in [2.24, 2.45) is 10.7 Å². The molecule has 0 radical (unpaired) electrons. The fourth-order valence-corrected chi connectivity index (χ4v) is 4.88. The molecular formula is C20H20BrN3O4S. The van der Waals surface area contributed by atoms with Crippen molar-refractivity contribution >= 4 is 43.8 Å². The Morgan fingerprint density at radius 1 is 1.24 bits per heavy atom. The second-order valence-electron chi connectivity index (χ2n) is 6.58. The standard InChI is InChI=1S/C20H20BrN3O4S/c1-13-9-10-23-12-20(13,19(22)25)17-8-7-16(28-2)11-18(17)29(26,27)24-15-5-3-14(21)4-6-15/h3-11,24H,12H2,1-2H3,(H2,22,25). The van der Waals surface area contributed by atoms with Crippen molar-refractivity contribution in [1.29, 1.82) is 0 Å². The van der Waals surface area contributed by atoms with E-state index in [9.17, 15) is 13.2 Å². The van der Waals surface area contributed by atoms with E-state index in [0.29, 0.717) is 17.0 Å². The van der Waals surface area contributed by atoms with Gasteiger partial charge in [-0.1, -0.05) is 27.6 Å². The van der Waals surface area contributed by atoms with Crippen LogP contribution in [0.3, 0.4) is 0 Å². The summed E-state index contributed by atoms with van der Waals surface area (Å²) in [6.07, 6.45) is 3.24. The number of benzene rings is 2. The SMILES string of the molecule is COc1ccc(C2(C(N)=O)CN=CC=C2C)c(S(=O)(=O)Nc2ccc(Br)cc2)c1. The minimum atomic E-state index is -4.07. The Balaban J connectivity index is 2.20. The van der Waals surface area contributed by atoms with Gasteiger partial charge in [0, 0.05) is 22.4 Å². The van der Waals surface area contributed by atoms with Crippen LogP contribution < -0.4 is 15.2 Å². The van der Waals surface area contributed by atoms with E-state index in [4.69, 9.17) is 10.5 Å². The van der Waals surface area contributed by atoms with E-state index in [1.807, 2.05) is 0 Å². The van der Waals surface area contributed by atoms with Crippen LogP contribution in [0.1, 0.15) is 12.5 Å². The topological polar surface area (TPSA) is 111 Å². The molecule has 7 nitrogen and oxygen atoms in total. The number of dihydropyridines is 1. The van der Waals surface area contributed by atoms with E-state index < -0.39 is 21.3 Å². The van der Waals surface area contributed by atoms with E-state index in [1.54, 1.807) is 55.6 Å². The molecule has 1 aliphatic rings. The molecule has 1 aliphatic heterocycles. The summed E-state index contributed by atoms with van der Waals surface area (Å²) in [7, 11) is -2.63. The lowest BCUT2D eigenvalue weighted by Gasteiger charge is -2.34. The number of ether oxygens (including phenoxy) is 1. The summed E-state index contributed by atoms with van der Waals surface area (Å²) in [5.74, 6) is -0.334. The molecule has 0 saturated heterocycles. The third-order valence-corrected chi connectivity index (χ3v) is 6.84. The maximum Gasteiger partial charge on any atom is 0.262 e. The molecule has 0 aliphatic carbocycles. The van der Waals surface area contributed by atoms with Gasteiger partial charge in [-0.2, -0.15) is 0 Å². The summed E-state index contributed by atoms with van der Waals surface area (Å²) in [4.78, 5) is 16.7. The molecule has 1 amide bonds. The number of carbonyl (C=O) groups excluding carboxylic acids is 1. The summed E-state index contributed by atoms with van der Waals surface area (Å²) in [5, 5.41) is 0. The van der Waals surface area contributed by atoms with E-state index in [2.05, 4.69) is 25.6 Å². The molecule has 3 N–H and O–H groups in total. The Kier molecular flexibility index (Phi) is 5.81. The molecule has 1 unspecified atom stereocenters. The first-order valence-corrected chi connectivity index (χ1v) is 10.9. The van der Waals surface area contributed by atoms with Crippen LogP contribution in [0.5, 0.6) is 5.75 Å². The van der Waals surface area contributed by atoms with Crippen LogP contribution in [0, 0.1) is 0 Å². The Morgan fingerprint density at radius 2 is 1.93 bits per heavy atom. The highest BCUT2D eigenvalue weighted by Gasteiger charge is 2.44. The minimum Gasteiger partial charge on any atom is -0.497 e. The number of methoxy groups -OCH3 is 1. The third-order valence-electron chi connectivity index (χ3n) is 4.89. The lowest BCUT2D eigenvalue weighted by Crippen LogP contribution is -2.47. The van der Waals surface area contributed by atoms with E-state index in [-0.39, 0.29) is 17.0 Å². The van der Waals surface area contributed by atoms with Crippen LogP contribution in [-0.4, -0.2) is 34.2 Å². The fraction of sp³-hybridized carbons (Fsp3) is 0.200. The van der Waals surface area contributed by atoms with Crippen molar-refractivity contribution < 1.29 is 17.9 Å². The first-order chi connectivity index (χ1) is 13.7. The molecule has 0 fully saturated rings. The highest BCUT2D eigenvalue weighted by atomic mass is 79.9. The number of nitrogens with zero attached hydrogens (tertiary/aromatic N) is 1. The lowest BCUT2D eigenvalue weighted by atomic mass is 9.73. The minimum absolute atomic E-state index is 0.0256. The molecule has 9 heteroatoms. The molecule has 3 rings (SSSR count). The first-order valence-electron chi connectivity index (χ1n) is 8.65. The van der Waals surface area contributed by atoms with E-state index in [1.165, 1.54) is 13.2 Å². The van der Waals surface area contributed by atoms with E-state index in [0.717, 1.165) is 4.47 Å². The first kappa shape index (κ1) is 21.1. The molecule has 1 heterocycles. The number of aliphatic imine (C=N–C) groups is 1. The highest BCUT2D eigenvalue weighted by Crippen LogP contribution is 2.39. The highest BCUT2D eigenvalue weighted by molar-refractivity contribution is 9.10. The van der Waals surface area contributed by atoms with Crippen molar-refractivity contribution in [1.82, 2.24) is 0 Å². The predicted octanol–water partition coefficient (Wildman–Crippen LogP) is 3.01. The third kappa shape index (κ3) is 3.92. The number of rotatable bonds is 6. The van der Waals surface area contributed by atoms with Crippen molar-refractivity contribution in [3.05, 3.63) is 64.1 Å². The molecular weight excluding hydrogens is 458 g/mol. The van der Waals surface area contributed by atoms with Crippen LogP contribution in [-0.2, 0) is 20.2 Å². The maximum atomic E-state index is 13.3. The summed E-state index contributed by atoms with van der Waals surface area (Å²) < 4.78 is 35.2. The van der Waals surface area contributed by atoms with Gasteiger partial charge in [-0.05, 0) is 48.9 Å². The van der Waals surface area contributed by atoms with Crippen molar-refractivity contribution in [3.8, 4) is 5.75 Å². The van der Waals surface area contributed by atoms with Crippen molar-refractivity contribution in [2.75, 3.05) is 18.4 Å². The summed E-state index contributed by atoms with van der Waals surface area (Å²) in [6, 6.07) is 11.2. The van der Waals surface area contributed by atoms with Crippen molar-refractivity contribution in [3.63, 3.8) is 0 Å². The van der Waals surface area contributed by atoms with Crippen molar-refractivity contribution in [2.45, 2.75) is 17.2 Å². The molecule has 0 aromatic heterocycles. The number of carbonyl (C=O) groups is 1. The zero-order valence-electron chi connectivity index (χ0n) is 15.8. The number of sulfonamides is 1. The number of allylic oxidation sites excluding steroid dienone is 1. The smallest absolute Gasteiger partial charge is 0.262 e. The lowest BCUT2D eigenvalue weighted by molar-refractivity contribution is -0.122. The van der Waals surface area contributed by atoms with E-state index >= 15 is 0 Å². The molecule has 2 aromatic rings. The molecule has 152 valence electrons. The van der Waals surface area contributed by atoms with Crippen LogP contribution in [0.15, 0.2) is 68.5 Å². The van der Waals surface area contributed by atoms with Gasteiger partial charge in [0.2, 0.25) is 5.91 Å². The van der Waals surface area contributed by atoms with Gasteiger partial charge in [-0.15, -0.1) is 0 Å². The van der Waals surface area contributed by atoms with Gasteiger partial charge in [0.15, 0.2) is 0 Å². The quantitative estimate of drug-likeness (QED) is 0.665. The van der Waals surface area contributed by atoms with Gasteiger partial charge < -0.3 is 10.5 Å². The maximum absolute atomic E-state index is 13.3. The van der Waals surface area contributed by atoms with Gasteiger partial charge in [0.1, 0.15) is 11.2 Å². The number of hydrogen-bond donors (Lipinski definition) is 2. The number of amides is 1. The molecule has 1 atom stereocenters. The zero-order valence-corrected chi connectivity index (χ0v) is 18.2. The normalized spacial score (nSPS) is 18.8.